The molecule has 0 saturated carbocycles. The first-order valence-corrected chi connectivity index (χ1v) is 6.67. The highest BCUT2D eigenvalue weighted by Gasteiger charge is 2.19. The molecule has 0 radical (unpaired) electrons. The summed E-state index contributed by atoms with van der Waals surface area (Å²) in [5.41, 5.74) is 7.25. The molecule has 2 aromatic heterocycles. The molecule has 2 aromatic rings. The summed E-state index contributed by atoms with van der Waals surface area (Å²) in [7, 11) is -3.66. The number of nitrogens with one attached hydrogen (secondary N) is 2. The zero-order chi connectivity index (χ0) is 13.2. The Balaban J connectivity index is 2.16. The highest BCUT2D eigenvalue weighted by atomic mass is 32.2. The number of pyridine rings is 1. The highest BCUT2D eigenvalue weighted by molar-refractivity contribution is 7.89. The van der Waals surface area contributed by atoms with Crippen molar-refractivity contribution in [3.63, 3.8) is 0 Å². The molecule has 0 atom stereocenters. The molecule has 18 heavy (non-hydrogen) atoms. The molecule has 0 unspecified atom stereocenters. The van der Waals surface area contributed by atoms with Gasteiger partial charge >= 0.3 is 0 Å². The second kappa shape index (κ2) is 4.75. The second-order valence-electron chi connectivity index (χ2n) is 3.77. The van der Waals surface area contributed by atoms with Crippen LogP contribution in [0.1, 0.15) is 11.1 Å². The normalized spacial score (nSPS) is 11.6. The lowest BCUT2D eigenvalue weighted by atomic mass is 10.2. The van der Waals surface area contributed by atoms with Crippen molar-refractivity contribution in [1.82, 2.24) is 19.9 Å². The molecule has 0 aromatic carbocycles. The second-order valence-corrected chi connectivity index (χ2v) is 5.51. The van der Waals surface area contributed by atoms with Crippen LogP contribution in [-0.2, 0) is 16.6 Å². The number of H-pyrrole nitrogens is 1. The number of sulfonamides is 1. The van der Waals surface area contributed by atoms with Gasteiger partial charge in [0.05, 0.1) is 6.20 Å². The van der Waals surface area contributed by atoms with Crippen LogP contribution < -0.4 is 10.5 Å². The number of aryl methyl sites for hydroxylation is 1. The topological polar surface area (TPSA) is 114 Å². The van der Waals surface area contributed by atoms with E-state index in [0.717, 1.165) is 11.1 Å². The molecule has 7 nitrogen and oxygen atoms in total. The number of nitrogens with two attached hydrogens (primary N) is 1. The number of nitrogen functional groups attached to an aromatic ring is 1. The molecule has 0 bridgehead atoms. The predicted molar refractivity (Wildman–Crippen MR) is 66.0 cm³/mol. The number of rotatable bonds is 4. The smallest absolute Gasteiger partial charge is 0.246 e. The molecule has 0 amide bonds. The molecular formula is C10H13N5O2S. The molecule has 0 spiro atoms. The fourth-order valence-corrected chi connectivity index (χ4v) is 2.46. The lowest BCUT2D eigenvalue weighted by Gasteiger charge is -2.07. The van der Waals surface area contributed by atoms with Crippen molar-refractivity contribution in [2.24, 2.45) is 0 Å². The highest BCUT2D eigenvalue weighted by Crippen LogP contribution is 2.14. The SMILES string of the molecule is Cc1ccncc1CNS(=O)(=O)c1cn[nH]c1N. The summed E-state index contributed by atoms with van der Waals surface area (Å²) < 4.78 is 26.3. The van der Waals surface area contributed by atoms with Gasteiger partial charge < -0.3 is 5.73 Å². The molecule has 96 valence electrons. The number of aromatic amines is 1. The number of anilines is 1. The van der Waals surface area contributed by atoms with Crippen molar-refractivity contribution in [2.75, 3.05) is 5.73 Å². The van der Waals surface area contributed by atoms with E-state index < -0.39 is 10.0 Å². The van der Waals surface area contributed by atoms with Crippen molar-refractivity contribution >= 4 is 15.8 Å². The zero-order valence-corrected chi connectivity index (χ0v) is 10.5. The van der Waals surface area contributed by atoms with E-state index in [1.807, 2.05) is 13.0 Å². The lowest BCUT2D eigenvalue weighted by molar-refractivity contribution is 0.581. The third-order valence-corrected chi connectivity index (χ3v) is 3.95. The maximum absolute atomic E-state index is 11.9. The average Bonchev–Trinajstić information content (AvgIpc) is 2.75. The van der Waals surface area contributed by atoms with Crippen molar-refractivity contribution < 1.29 is 8.42 Å². The molecule has 8 heteroatoms. The Morgan fingerprint density at radius 1 is 1.44 bits per heavy atom. The van der Waals surface area contributed by atoms with Gasteiger partial charge in [0.25, 0.3) is 0 Å². The summed E-state index contributed by atoms with van der Waals surface area (Å²) in [4.78, 5) is 3.90. The van der Waals surface area contributed by atoms with Gasteiger partial charge in [-0.1, -0.05) is 0 Å². The van der Waals surface area contributed by atoms with Crippen LogP contribution in [0.4, 0.5) is 5.82 Å². The van der Waals surface area contributed by atoms with E-state index in [9.17, 15) is 8.42 Å². The molecule has 2 rings (SSSR count). The van der Waals surface area contributed by atoms with Crippen LogP contribution >= 0.6 is 0 Å². The minimum Gasteiger partial charge on any atom is -0.383 e. The molecule has 4 N–H and O–H groups in total. The van der Waals surface area contributed by atoms with E-state index in [2.05, 4.69) is 19.9 Å². The van der Waals surface area contributed by atoms with E-state index >= 15 is 0 Å². The van der Waals surface area contributed by atoms with Gasteiger partial charge in [-0.3, -0.25) is 10.1 Å². The molecule has 0 saturated heterocycles. The van der Waals surface area contributed by atoms with Crippen molar-refractivity contribution in [3.8, 4) is 0 Å². The Kier molecular flexibility index (Phi) is 3.30. The monoisotopic (exact) mass is 267 g/mol. The first-order valence-electron chi connectivity index (χ1n) is 5.18. The summed E-state index contributed by atoms with van der Waals surface area (Å²) in [6.07, 6.45) is 4.45. The summed E-state index contributed by atoms with van der Waals surface area (Å²) >= 11 is 0. The summed E-state index contributed by atoms with van der Waals surface area (Å²) in [5.74, 6) is 0.0189. The van der Waals surface area contributed by atoms with E-state index in [4.69, 9.17) is 5.73 Å². The molecular weight excluding hydrogens is 254 g/mol. The van der Waals surface area contributed by atoms with E-state index in [1.165, 1.54) is 6.20 Å². The number of hydrogen-bond donors (Lipinski definition) is 3. The van der Waals surface area contributed by atoms with E-state index in [-0.39, 0.29) is 17.3 Å². The minimum absolute atomic E-state index is 0.0189. The van der Waals surface area contributed by atoms with Gasteiger partial charge in [-0.15, -0.1) is 0 Å². The van der Waals surface area contributed by atoms with E-state index in [0.29, 0.717) is 0 Å². The average molecular weight is 267 g/mol. The third-order valence-electron chi connectivity index (χ3n) is 2.52. The van der Waals surface area contributed by atoms with Crippen molar-refractivity contribution in [2.45, 2.75) is 18.4 Å². The molecule has 2 heterocycles. The van der Waals surface area contributed by atoms with Crippen LogP contribution in [-0.4, -0.2) is 23.6 Å². The fourth-order valence-electron chi connectivity index (χ4n) is 1.43. The quantitative estimate of drug-likeness (QED) is 0.731. The van der Waals surface area contributed by atoms with Crippen LogP contribution in [0.25, 0.3) is 0 Å². The minimum atomic E-state index is -3.66. The molecule has 0 aliphatic rings. The maximum Gasteiger partial charge on any atom is 0.246 e. The fraction of sp³-hybridized carbons (Fsp3) is 0.200. The molecule has 0 aliphatic heterocycles. The maximum atomic E-state index is 11.9. The lowest BCUT2D eigenvalue weighted by Crippen LogP contribution is -2.24. The van der Waals surface area contributed by atoms with E-state index in [1.54, 1.807) is 12.4 Å². The molecule has 0 fully saturated rings. The predicted octanol–water partition coefficient (Wildman–Crippen LogP) is 0.174. The van der Waals surface area contributed by atoms with Crippen LogP contribution in [0.5, 0.6) is 0 Å². The van der Waals surface area contributed by atoms with Crippen LogP contribution in [0.2, 0.25) is 0 Å². The third kappa shape index (κ3) is 2.49. The summed E-state index contributed by atoms with van der Waals surface area (Å²) in [6.45, 7) is 2.05. The van der Waals surface area contributed by atoms with Gasteiger partial charge in [0.15, 0.2) is 0 Å². The van der Waals surface area contributed by atoms with Crippen molar-refractivity contribution in [1.29, 1.82) is 0 Å². The van der Waals surface area contributed by atoms with Crippen molar-refractivity contribution in [3.05, 3.63) is 35.8 Å². The summed E-state index contributed by atoms with van der Waals surface area (Å²) in [6, 6.07) is 1.82. The number of nitrogens with zero attached hydrogens (tertiary/aromatic N) is 2. The van der Waals surface area contributed by atoms with Crippen LogP contribution in [0.15, 0.2) is 29.6 Å². The van der Waals surface area contributed by atoms with Gasteiger partial charge in [-0.25, -0.2) is 13.1 Å². The number of aromatic nitrogens is 3. The Morgan fingerprint density at radius 3 is 2.83 bits per heavy atom. The van der Waals surface area contributed by atoms with Gasteiger partial charge in [-0.2, -0.15) is 5.10 Å². The van der Waals surface area contributed by atoms with Gasteiger partial charge in [0.1, 0.15) is 10.7 Å². The first-order chi connectivity index (χ1) is 8.50. The van der Waals surface area contributed by atoms with Crippen LogP contribution in [0.3, 0.4) is 0 Å². The standard InChI is InChI=1S/C10H13N5O2S/c1-7-2-3-12-4-8(7)5-14-18(16,17)9-6-13-15-10(9)11/h2-4,6,14H,5H2,1H3,(H3,11,13,15). The first kappa shape index (κ1) is 12.5. The Morgan fingerprint density at radius 2 is 2.22 bits per heavy atom. The van der Waals surface area contributed by atoms with Gasteiger partial charge in [-0.05, 0) is 24.1 Å². The van der Waals surface area contributed by atoms with Gasteiger partial charge in [0, 0.05) is 18.9 Å². The largest absolute Gasteiger partial charge is 0.383 e. The Hall–Kier alpha value is -1.93. The zero-order valence-electron chi connectivity index (χ0n) is 9.71. The van der Waals surface area contributed by atoms with Gasteiger partial charge in [0.2, 0.25) is 10.0 Å². The van der Waals surface area contributed by atoms with Crippen LogP contribution in [0, 0.1) is 6.92 Å². The number of hydrogen-bond acceptors (Lipinski definition) is 5. The Labute approximate surface area is 104 Å². The Bertz CT molecular complexity index is 650. The summed E-state index contributed by atoms with van der Waals surface area (Å²) in [5, 5.41) is 5.96. The molecule has 0 aliphatic carbocycles.